The van der Waals surface area contributed by atoms with E-state index in [4.69, 9.17) is 0 Å². The van der Waals surface area contributed by atoms with Crippen LogP contribution in [0.5, 0.6) is 5.75 Å². The number of phenolic OH excluding ortho intramolecular Hbond substituents is 1. The number of hydrogen-bond acceptors (Lipinski definition) is 2. The lowest BCUT2D eigenvalue weighted by atomic mass is 9.50. The van der Waals surface area contributed by atoms with Gasteiger partial charge in [0.1, 0.15) is 11.5 Å². The molecule has 0 aromatic heterocycles. The Hall–Kier alpha value is -1.31. The lowest BCUT2D eigenvalue weighted by molar-refractivity contribution is -0.130. The largest absolute Gasteiger partial charge is 0.508 e. The molecule has 2 fully saturated rings. The van der Waals surface area contributed by atoms with Crippen molar-refractivity contribution in [1.82, 2.24) is 0 Å². The van der Waals surface area contributed by atoms with Crippen LogP contribution < -0.4 is 0 Å². The lowest BCUT2D eigenvalue weighted by Gasteiger charge is -2.54. The highest BCUT2D eigenvalue weighted by Crippen LogP contribution is 2.56. The first kappa shape index (κ1) is 17.1. The van der Waals surface area contributed by atoms with E-state index in [9.17, 15) is 9.90 Å². The Balaban J connectivity index is 1.70. The number of fused-ring (bicyclic) bond motifs is 5. The molecule has 0 aliphatic heterocycles. The van der Waals surface area contributed by atoms with Crippen molar-refractivity contribution in [3.05, 3.63) is 29.3 Å². The van der Waals surface area contributed by atoms with Gasteiger partial charge in [0.15, 0.2) is 0 Å². The third kappa shape index (κ3) is 2.82. The van der Waals surface area contributed by atoms with E-state index in [1.165, 1.54) is 30.4 Å². The van der Waals surface area contributed by atoms with E-state index >= 15 is 0 Å². The zero-order valence-corrected chi connectivity index (χ0v) is 16.0. The number of carbonyl (C=O) groups is 1. The molecule has 0 heterocycles. The van der Waals surface area contributed by atoms with Crippen molar-refractivity contribution in [2.45, 2.75) is 77.6 Å². The van der Waals surface area contributed by atoms with Crippen LogP contribution in [0.15, 0.2) is 18.2 Å². The Morgan fingerprint density at radius 3 is 2.60 bits per heavy atom. The molecule has 0 spiro atoms. The van der Waals surface area contributed by atoms with Crippen LogP contribution in [0.3, 0.4) is 0 Å². The number of ketones is 1. The second kappa shape index (κ2) is 5.86. The summed E-state index contributed by atoms with van der Waals surface area (Å²) >= 11 is 0. The first-order chi connectivity index (χ1) is 11.8. The number of phenols is 1. The van der Waals surface area contributed by atoms with Crippen LogP contribution in [-0.2, 0) is 16.6 Å². The normalized spacial score (nSPS) is 37.2. The summed E-state index contributed by atoms with van der Waals surface area (Å²) in [5, 5.41) is 9.87. The van der Waals surface area contributed by atoms with Crippen LogP contribution in [0.1, 0.15) is 76.8 Å². The van der Waals surface area contributed by atoms with Gasteiger partial charge in [-0.15, -0.1) is 0 Å². The molecule has 136 valence electrons. The zero-order chi connectivity index (χ0) is 17.8. The second-order valence-corrected chi connectivity index (χ2v) is 9.88. The minimum Gasteiger partial charge on any atom is -0.508 e. The molecule has 4 rings (SSSR count). The fraction of sp³-hybridized carbons (Fsp3) is 0.696. The number of hydrogen-bond donors (Lipinski definition) is 1. The molecule has 0 amide bonds. The molecule has 2 nitrogen and oxygen atoms in total. The van der Waals surface area contributed by atoms with E-state index < -0.39 is 0 Å². The van der Waals surface area contributed by atoms with E-state index in [1.807, 2.05) is 12.1 Å². The number of rotatable bonds is 0. The van der Waals surface area contributed by atoms with Crippen LogP contribution in [0, 0.1) is 23.2 Å². The van der Waals surface area contributed by atoms with E-state index in [0.717, 1.165) is 32.1 Å². The Kier molecular flexibility index (Phi) is 4.01. The standard InChI is InChI=1S/C23H32O2/c1-22(2)11-8-17-18(21(25)10-12-22)9-13-23(3)19-7-5-16(24)14-15(19)4-6-20(17)23/h5,7,14,17-18,20,24H,4,6,8-13H2,1-3H3/t17?,18-,20?,23+/m0/s1. The average Bonchev–Trinajstić information content (AvgIpc) is 2.56. The van der Waals surface area contributed by atoms with Crippen LogP contribution in [0.25, 0.3) is 0 Å². The molecule has 2 saturated carbocycles. The second-order valence-electron chi connectivity index (χ2n) is 9.88. The summed E-state index contributed by atoms with van der Waals surface area (Å²) in [5.41, 5.74) is 3.24. The summed E-state index contributed by atoms with van der Waals surface area (Å²) in [6.07, 6.45) is 8.67. The molecule has 2 unspecified atom stereocenters. The molecular weight excluding hydrogens is 308 g/mol. The van der Waals surface area contributed by atoms with Crippen LogP contribution in [0.4, 0.5) is 0 Å². The summed E-state index contributed by atoms with van der Waals surface area (Å²) in [7, 11) is 0. The van der Waals surface area contributed by atoms with Crippen LogP contribution >= 0.6 is 0 Å². The van der Waals surface area contributed by atoms with Crippen LogP contribution in [0.2, 0.25) is 0 Å². The SMILES string of the molecule is CC1(C)CCC(=O)[C@H]2CC[C@]3(C)c4ccc(O)cc4CCC3C2CC1. The van der Waals surface area contributed by atoms with Crippen molar-refractivity contribution in [2.24, 2.45) is 23.2 Å². The quantitative estimate of drug-likeness (QED) is 0.686. The molecule has 4 atom stereocenters. The average molecular weight is 341 g/mol. The van der Waals surface area contributed by atoms with Gasteiger partial charge in [0.05, 0.1) is 0 Å². The van der Waals surface area contributed by atoms with Gasteiger partial charge in [-0.2, -0.15) is 0 Å². The topological polar surface area (TPSA) is 37.3 Å². The Morgan fingerprint density at radius 2 is 1.80 bits per heavy atom. The maximum atomic E-state index is 12.9. The fourth-order valence-electron chi connectivity index (χ4n) is 6.26. The molecule has 25 heavy (non-hydrogen) atoms. The smallest absolute Gasteiger partial charge is 0.136 e. The number of Topliss-reactive ketones (excluding diaryl/α,β-unsaturated/α-hetero) is 1. The van der Waals surface area contributed by atoms with Crippen molar-refractivity contribution in [1.29, 1.82) is 0 Å². The van der Waals surface area contributed by atoms with Crippen molar-refractivity contribution in [3.8, 4) is 5.75 Å². The van der Waals surface area contributed by atoms with Gasteiger partial charge in [-0.25, -0.2) is 0 Å². The molecular formula is C23H32O2. The zero-order valence-electron chi connectivity index (χ0n) is 16.0. The minimum atomic E-state index is 0.173. The van der Waals surface area contributed by atoms with Gasteiger partial charge in [-0.3, -0.25) is 4.79 Å². The van der Waals surface area contributed by atoms with E-state index in [0.29, 0.717) is 34.7 Å². The summed E-state index contributed by atoms with van der Waals surface area (Å²) in [6.45, 7) is 7.10. The number of aryl methyl sites for hydroxylation is 1. The summed E-state index contributed by atoms with van der Waals surface area (Å²) in [6, 6.07) is 5.98. The third-order valence-electron chi connectivity index (χ3n) is 7.87. The van der Waals surface area contributed by atoms with Gasteiger partial charge in [-0.1, -0.05) is 26.8 Å². The molecule has 1 aromatic carbocycles. The van der Waals surface area contributed by atoms with E-state index in [1.54, 1.807) is 0 Å². The number of aromatic hydroxyl groups is 1. The van der Waals surface area contributed by atoms with Crippen molar-refractivity contribution < 1.29 is 9.90 Å². The van der Waals surface area contributed by atoms with Crippen molar-refractivity contribution in [2.75, 3.05) is 0 Å². The monoisotopic (exact) mass is 340 g/mol. The molecule has 3 aliphatic rings. The molecule has 3 aliphatic carbocycles. The maximum Gasteiger partial charge on any atom is 0.136 e. The van der Waals surface area contributed by atoms with E-state index in [-0.39, 0.29) is 5.41 Å². The van der Waals surface area contributed by atoms with E-state index in [2.05, 4.69) is 26.8 Å². The Bertz CT molecular complexity index is 689. The summed E-state index contributed by atoms with van der Waals surface area (Å²) in [5.74, 6) is 2.38. The molecule has 1 aromatic rings. The molecule has 2 heteroatoms. The Labute approximate surface area is 152 Å². The minimum absolute atomic E-state index is 0.173. The number of benzene rings is 1. The first-order valence-corrected chi connectivity index (χ1v) is 10.2. The highest BCUT2D eigenvalue weighted by Gasteiger charge is 2.51. The summed E-state index contributed by atoms with van der Waals surface area (Å²) < 4.78 is 0. The van der Waals surface area contributed by atoms with Crippen molar-refractivity contribution >= 4 is 5.78 Å². The fourth-order valence-corrected chi connectivity index (χ4v) is 6.26. The Morgan fingerprint density at radius 1 is 1.00 bits per heavy atom. The predicted octanol–water partition coefficient (Wildman–Crippen LogP) is 5.41. The molecule has 0 bridgehead atoms. The molecule has 0 saturated heterocycles. The highest BCUT2D eigenvalue weighted by molar-refractivity contribution is 5.81. The van der Waals surface area contributed by atoms with Gasteiger partial charge < -0.3 is 5.11 Å². The third-order valence-corrected chi connectivity index (χ3v) is 7.87. The van der Waals surface area contributed by atoms with Crippen LogP contribution in [-0.4, -0.2) is 10.9 Å². The van der Waals surface area contributed by atoms with Gasteiger partial charge in [-0.05, 0) is 90.9 Å². The number of carbonyl (C=O) groups excluding carboxylic acids is 1. The highest BCUT2D eigenvalue weighted by atomic mass is 16.3. The van der Waals surface area contributed by atoms with Gasteiger partial charge in [0.25, 0.3) is 0 Å². The lowest BCUT2D eigenvalue weighted by Crippen LogP contribution is -2.49. The van der Waals surface area contributed by atoms with Gasteiger partial charge in [0.2, 0.25) is 0 Å². The van der Waals surface area contributed by atoms with Gasteiger partial charge in [0, 0.05) is 12.3 Å². The summed E-state index contributed by atoms with van der Waals surface area (Å²) in [4.78, 5) is 12.9. The maximum absolute atomic E-state index is 12.9. The molecule has 1 N–H and O–H groups in total. The van der Waals surface area contributed by atoms with Crippen molar-refractivity contribution in [3.63, 3.8) is 0 Å². The molecule has 0 radical (unpaired) electrons. The predicted molar refractivity (Wildman–Crippen MR) is 101 cm³/mol. The first-order valence-electron chi connectivity index (χ1n) is 10.2. The van der Waals surface area contributed by atoms with Gasteiger partial charge >= 0.3 is 0 Å².